The minimum atomic E-state index is -0.193. The van der Waals surface area contributed by atoms with Crippen LogP contribution in [0.15, 0.2) is 35.3 Å². The zero-order valence-electron chi connectivity index (χ0n) is 17.3. The number of nitrogens with zero attached hydrogens (tertiary/aromatic N) is 6. The van der Waals surface area contributed by atoms with Crippen molar-refractivity contribution in [3.63, 3.8) is 0 Å². The van der Waals surface area contributed by atoms with E-state index in [2.05, 4.69) is 37.6 Å². The van der Waals surface area contributed by atoms with Crippen molar-refractivity contribution in [2.45, 2.75) is 39.4 Å². The summed E-state index contributed by atoms with van der Waals surface area (Å²) in [4.78, 5) is 27.1. The fourth-order valence-corrected chi connectivity index (χ4v) is 3.96. The molecule has 4 heterocycles. The molecule has 30 heavy (non-hydrogen) atoms. The average molecular weight is 404 g/mol. The summed E-state index contributed by atoms with van der Waals surface area (Å²) in [5, 5.41) is 12.1. The smallest absolute Gasteiger partial charge is 0.293 e. The molecule has 4 aromatic rings. The van der Waals surface area contributed by atoms with Crippen LogP contribution in [0.25, 0.3) is 21.9 Å². The molecule has 0 spiro atoms. The van der Waals surface area contributed by atoms with E-state index in [4.69, 9.17) is 0 Å². The first-order valence-electron chi connectivity index (χ1n) is 10.1. The normalized spacial score (nSPS) is 15.4. The quantitative estimate of drug-likeness (QED) is 0.522. The number of hydrogen-bond donors (Lipinski definition) is 2. The molecule has 1 aliphatic rings. The van der Waals surface area contributed by atoms with E-state index < -0.39 is 0 Å². The summed E-state index contributed by atoms with van der Waals surface area (Å²) < 4.78 is 3.34. The first kappa shape index (κ1) is 18.7. The van der Waals surface area contributed by atoms with Crippen molar-refractivity contribution in [2.75, 3.05) is 18.4 Å². The van der Waals surface area contributed by atoms with Gasteiger partial charge < -0.3 is 15.2 Å². The van der Waals surface area contributed by atoms with Gasteiger partial charge in [0.1, 0.15) is 17.6 Å². The molecule has 1 saturated heterocycles. The fraction of sp³-hybridized carbons (Fsp3) is 0.381. The van der Waals surface area contributed by atoms with Crippen molar-refractivity contribution in [3.05, 3.63) is 52.3 Å². The molecule has 1 fully saturated rings. The lowest BCUT2D eigenvalue weighted by Gasteiger charge is -2.40. The van der Waals surface area contributed by atoms with E-state index >= 15 is 0 Å². The molecule has 0 radical (unpaired) electrons. The van der Waals surface area contributed by atoms with Gasteiger partial charge in [-0.2, -0.15) is 5.10 Å². The minimum absolute atomic E-state index is 0.0583. The maximum Gasteiger partial charge on any atom is 0.293 e. The molecule has 1 aliphatic heterocycles. The molecule has 1 aromatic carbocycles. The second-order valence-corrected chi connectivity index (χ2v) is 8.05. The van der Waals surface area contributed by atoms with E-state index in [1.54, 1.807) is 6.20 Å². The number of fused-ring (bicyclic) bond motifs is 2. The first-order chi connectivity index (χ1) is 14.5. The molecule has 0 amide bonds. The molecule has 9 nitrogen and oxygen atoms in total. The first-order valence-corrected chi connectivity index (χ1v) is 10.1. The van der Waals surface area contributed by atoms with Crippen LogP contribution in [-0.4, -0.2) is 47.9 Å². The number of aromatic nitrogens is 6. The largest absolute Gasteiger partial charge is 0.348 e. The predicted octanol–water partition coefficient (Wildman–Crippen LogP) is 1.69. The molecule has 0 bridgehead atoms. The lowest BCUT2D eigenvalue weighted by Crippen LogP contribution is -2.62. The maximum atomic E-state index is 13.3. The Morgan fingerprint density at radius 2 is 1.97 bits per heavy atom. The van der Waals surface area contributed by atoms with Gasteiger partial charge in [0.2, 0.25) is 5.95 Å². The molecule has 0 atom stereocenters. The Morgan fingerprint density at radius 1 is 1.17 bits per heavy atom. The van der Waals surface area contributed by atoms with E-state index in [1.165, 1.54) is 4.68 Å². The lowest BCUT2D eigenvalue weighted by molar-refractivity contribution is 0.335. The number of benzene rings is 1. The van der Waals surface area contributed by atoms with Crippen molar-refractivity contribution in [1.29, 1.82) is 0 Å². The topological polar surface area (TPSA) is 103 Å². The summed E-state index contributed by atoms with van der Waals surface area (Å²) in [5.74, 6) is 1.26. The van der Waals surface area contributed by atoms with Gasteiger partial charge in [0.15, 0.2) is 5.82 Å². The fourth-order valence-electron chi connectivity index (χ4n) is 3.96. The van der Waals surface area contributed by atoms with Crippen molar-refractivity contribution in [2.24, 2.45) is 0 Å². The molecule has 154 valence electrons. The van der Waals surface area contributed by atoms with Gasteiger partial charge in [0.25, 0.3) is 5.56 Å². The maximum absolute atomic E-state index is 13.3. The molecule has 0 unspecified atom stereocenters. The summed E-state index contributed by atoms with van der Waals surface area (Å²) in [6, 6.07) is 7.86. The van der Waals surface area contributed by atoms with Crippen LogP contribution >= 0.6 is 0 Å². The van der Waals surface area contributed by atoms with Gasteiger partial charge in [0, 0.05) is 30.7 Å². The molecule has 9 heteroatoms. The molecule has 2 N–H and O–H groups in total. The molecular formula is C21H24N8O. The number of nitrogens with one attached hydrogen (secondary N) is 2. The minimum Gasteiger partial charge on any atom is -0.348 e. The van der Waals surface area contributed by atoms with Gasteiger partial charge in [-0.25, -0.2) is 19.6 Å². The Morgan fingerprint density at radius 3 is 2.70 bits per heavy atom. The van der Waals surface area contributed by atoms with Crippen LogP contribution < -0.4 is 16.2 Å². The standard InChI is InChI=1S/C21H24N8O/c1-4-28-18-16(26-20(28)27-21(3)11-22-12-21)9-23-29(19(18)30)10-17-24-13(2)14-7-5-6-8-15(14)25-17/h5-9,22H,4,10-12H2,1-3H3,(H,26,27). The second-order valence-electron chi connectivity index (χ2n) is 8.05. The number of hydrogen-bond acceptors (Lipinski definition) is 7. The van der Waals surface area contributed by atoms with E-state index in [1.807, 2.05) is 42.7 Å². The van der Waals surface area contributed by atoms with Gasteiger partial charge in [0.05, 0.1) is 17.3 Å². The van der Waals surface area contributed by atoms with Crippen LogP contribution in [0.4, 0.5) is 5.95 Å². The summed E-state index contributed by atoms with van der Waals surface area (Å²) in [7, 11) is 0. The molecule has 0 aliphatic carbocycles. The average Bonchev–Trinajstić information content (AvgIpc) is 3.06. The Balaban J connectivity index is 1.56. The highest BCUT2D eigenvalue weighted by atomic mass is 16.1. The van der Waals surface area contributed by atoms with Gasteiger partial charge in [-0.1, -0.05) is 18.2 Å². The highest BCUT2D eigenvalue weighted by Crippen LogP contribution is 2.22. The van der Waals surface area contributed by atoms with Crippen molar-refractivity contribution in [3.8, 4) is 0 Å². The summed E-state index contributed by atoms with van der Waals surface area (Å²) >= 11 is 0. The van der Waals surface area contributed by atoms with Gasteiger partial charge in [-0.05, 0) is 26.8 Å². The third-order valence-corrected chi connectivity index (χ3v) is 5.64. The molecule has 0 saturated carbocycles. The van der Waals surface area contributed by atoms with Crippen LogP contribution in [0.5, 0.6) is 0 Å². The SMILES string of the molecule is CCn1c(NC2(C)CNC2)nc2cnn(Cc3nc(C)c4ccccc4n3)c(=O)c21. The predicted molar refractivity (Wildman–Crippen MR) is 116 cm³/mol. The highest BCUT2D eigenvalue weighted by Gasteiger charge is 2.33. The Labute approximate surface area is 173 Å². The number of para-hydroxylation sites is 1. The zero-order valence-corrected chi connectivity index (χ0v) is 17.3. The van der Waals surface area contributed by atoms with Crippen LogP contribution in [0.1, 0.15) is 25.4 Å². The Kier molecular flexibility index (Phi) is 4.28. The number of aryl methyl sites for hydroxylation is 2. The van der Waals surface area contributed by atoms with Crippen LogP contribution in [0.3, 0.4) is 0 Å². The van der Waals surface area contributed by atoms with Gasteiger partial charge in [-0.3, -0.25) is 4.79 Å². The van der Waals surface area contributed by atoms with Crippen LogP contribution in [0, 0.1) is 6.92 Å². The summed E-state index contributed by atoms with van der Waals surface area (Å²) in [6.07, 6.45) is 1.64. The third kappa shape index (κ3) is 3.02. The molecule has 3 aromatic heterocycles. The van der Waals surface area contributed by atoms with E-state index in [0.29, 0.717) is 29.4 Å². The molecular weight excluding hydrogens is 380 g/mol. The third-order valence-electron chi connectivity index (χ3n) is 5.64. The van der Waals surface area contributed by atoms with Crippen molar-refractivity contribution < 1.29 is 0 Å². The van der Waals surface area contributed by atoms with E-state index in [9.17, 15) is 4.79 Å². The van der Waals surface area contributed by atoms with E-state index in [-0.39, 0.29) is 17.6 Å². The highest BCUT2D eigenvalue weighted by molar-refractivity contribution is 5.80. The van der Waals surface area contributed by atoms with Gasteiger partial charge >= 0.3 is 0 Å². The lowest BCUT2D eigenvalue weighted by atomic mass is 9.96. The number of rotatable bonds is 5. The van der Waals surface area contributed by atoms with Crippen molar-refractivity contribution >= 4 is 27.9 Å². The van der Waals surface area contributed by atoms with E-state index in [0.717, 1.165) is 29.7 Å². The second kappa shape index (κ2) is 6.88. The zero-order chi connectivity index (χ0) is 20.9. The van der Waals surface area contributed by atoms with Crippen LogP contribution in [-0.2, 0) is 13.1 Å². The molecule has 5 rings (SSSR count). The monoisotopic (exact) mass is 404 g/mol. The van der Waals surface area contributed by atoms with Crippen molar-refractivity contribution in [1.82, 2.24) is 34.6 Å². The van der Waals surface area contributed by atoms with Gasteiger partial charge in [-0.15, -0.1) is 0 Å². The van der Waals surface area contributed by atoms with Crippen LogP contribution in [0.2, 0.25) is 0 Å². The number of imidazole rings is 1. The number of anilines is 1. The Bertz CT molecular complexity index is 1320. The summed E-state index contributed by atoms with van der Waals surface area (Å²) in [6.45, 7) is 8.66. The summed E-state index contributed by atoms with van der Waals surface area (Å²) in [5.41, 5.74) is 2.63. The Hall–Kier alpha value is -3.33.